The summed E-state index contributed by atoms with van der Waals surface area (Å²) in [4.78, 5) is 0.405. The molecule has 1 N–H and O–H groups in total. The minimum Gasteiger partial charge on any atom is -0.382 e. The molecule has 0 aliphatic heterocycles. The zero-order valence-electron chi connectivity index (χ0n) is 13.7. The van der Waals surface area contributed by atoms with Crippen molar-refractivity contribution in [3.63, 3.8) is 0 Å². The van der Waals surface area contributed by atoms with Gasteiger partial charge in [-0.15, -0.1) is 11.3 Å². The molecule has 0 saturated carbocycles. The number of hydrogen-bond acceptors (Lipinski definition) is 3. The van der Waals surface area contributed by atoms with Gasteiger partial charge in [0.05, 0.1) is 11.1 Å². The fraction of sp³-hybridized carbons (Fsp3) is 0.211. The lowest BCUT2D eigenvalue weighted by atomic mass is 9.88. The van der Waals surface area contributed by atoms with Gasteiger partial charge in [-0.1, -0.05) is 6.07 Å². The van der Waals surface area contributed by atoms with Crippen LogP contribution in [0.25, 0.3) is 16.1 Å². The van der Waals surface area contributed by atoms with E-state index in [1.807, 2.05) is 0 Å². The predicted octanol–water partition coefficient (Wildman–Crippen LogP) is 4.97. The van der Waals surface area contributed by atoms with Crippen LogP contribution in [-0.2, 0) is 6.42 Å². The van der Waals surface area contributed by atoms with Crippen LogP contribution in [0.4, 0.5) is 17.6 Å². The third-order valence-electron chi connectivity index (χ3n) is 4.72. The molecule has 138 valence electrons. The van der Waals surface area contributed by atoms with Crippen LogP contribution in [0.2, 0.25) is 0 Å². The first-order valence-corrected chi connectivity index (χ1v) is 8.96. The molecule has 0 saturated heterocycles. The molecule has 1 aromatic carbocycles. The zero-order chi connectivity index (χ0) is 19.3. The van der Waals surface area contributed by atoms with Gasteiger partial charge < -0.3 is 5.11 Å². The highest BCUT2D eigenvalue weighted by atomic mass is 32.1. The fourth-order valence-electron chi connectivity index (χ4n) is 3.44. The van der Waals surface area contributed by atoms with E-state index < -0.39 is 30.2 Å². The standard InChI is InChI=1S/C19H12F4N2OS/c20-12-4-3-11(8-10(12)9-24)25-13-5-6-19(22,23)17(26)15(13)16(18(25)21)14-2-1-7-27-14/h1-4,7-8,17,26H,5-6H2. The van der Waals surface area contributed by atoms with Gasteiger partial charge >= 0.3 is 0 Å². The number of aromatic nitrogens is 1. The number of hydrogen-bond donors (Lipinski definition) is 1. The molecule has 4 rings (SSSR count). The van der Waals surface area contributed by atoms with Crippen LogP contribution in [0.15, 0.2) is 35.7 Å². The summed E-state index contributed by atoms with van der Waals surface area (Å²) in [5, 5.41) is 21.0. The lowest BCUT2D eigenvalue weighted by Crippen LogP contribution is -2.32. The number of benzene rings is 1. The fourth-order valence-corrected chi connectivity index (χ4v) is 4.22. The second-order valence-electron chi connectivity index (χ2n) is 6.28. The molecule has 3 aromatic rings. The number of alkyl halides is 2. The van der Waals surface area contributed by atoms with Crippen LogP contribution in [0, 0.1) is 23.1 Å². The van der Waals surface area contributed by atoms with Gasteiger partial charge in [0.1, 0.15) is 18.0 Å². The summed E-state index contributed by atoms with van der Waals surface area (Å²) in [6, 6.07) is 8.38. The number of nitriles is 1. The van der Waals surface area contributed by atoms with E-state index in [2.05, 4.69) is 0 Å². The summed E-state index contributed by atoms with van der Waals surface area (Å²) in [5.41, 5.74) is -0.191. The van der Waals surface area contributed by atoms with Crippen LogP contribution in [0.5, 0.6) is 0 Å². The van der Waals surface area contributed by atoms with Gasteiger partial charge in [-0.25, -0.2) is 13.2 Å². The van der Waals surface area contributed by atoms with Gasteiger partial charge in [-0.3, -0.25) is 4.57 Å². The van der Waals surface area contributed by atoms with Crippen molar-refractivity contribution in [3.8, 4) is 22.2 Å². The Bertz CT molecular complexity index is 1070. The average molecular weight is 392 g/mol. The molecular formula is C19H12F4N2OS. The van der Waals surface area contributed by atoms with Crippen molar-refractivity contribution >= 4 is 11.3 Å². The molecule has 2 heterocycles. The van der Waals surface area contributed by atoms with E-state index in [0.29, 0.717) is 4.88 Å². The highest BCUT2D eigenvalue weighted by Gasteiger charge is 2.47. The van der Waals surface area contributed by atoms with E-state index in [-0.39, 0.29) is 34.5 Å². The summed E-state index contributed by atoms with van der Waals surface area (Å²) >= 11 is 1.16. The molecule has 1 aliphatic rings. The first-order valence-electron chi connectivity index (χ1n) is 8.08. The molecule has 1 aliphatic carbocycles. The van der Waals surface area contributed by atoms with Gasteiger partial charge in [-0.2, -0.15) is 9.65 Å². The number of halogens is 4. The molecule has 8 heteroatoms. The summed E-state index contributed by atoms with van der Waals surface area (Å²) < 4.78 is 58.4. The maximum absolute atomic E-state index is 15.4. The quantitative estimate of drug-likeness (QED) is 0.626. The van der Waals surface area contributed by atoms with Gasteiger partial charge in [0.15, 0.2) is 0 Å². The smallest absolute Gasteiger partial charge is 0.278 e. The van der Waals surface area contributed by atoms with E-state index in [1.54, 1.807) is 23.6 Å². The number of fused-ring (bicyclic) bond motifs is 1. The molecule has 0 bridgehead atoms. The van der Waals surface area contributed by atoms with Gasteiger partial charge in [-0.05, 0) is 36.1 Å². The van der Waals surface area contributed by atoms with E-state index in [9.17, 15) is 18.3 Å². The van der Waals surface area contributed by atoms with Crippen molar-refractivity contribution in [2.75, 3.05) is 0 Å². The molecule has 3 nitrogen and oxygen atoms in total. The highest BCUT2D eigenvalue weighted by Crippen LogP contribution is 2.49. The monoisotopic (exact) mass is 392 g/mol. The second-order valence-corrected chi connectivity index (χ2v) is 7.23. The average Bonchev–Trinajstić information content (AvgIpc) is 3.25. The number of aliphatic hydroxyl groups is 1. The minimum absolute atomic E-state index is 0.0882. The molecule has 0 spiro atoms. The molecule has 0 fully saturated rings. The Morgan fingerprint density at radius 3 is 2.70 bits per heavy atom. The van der Waals surface area contributed by atoms with Crippen LogP contribution in [0.1, 0.15) is 29.3 Å². The topological polar surface area (TPSA) is 49.0 Å². The van der Waals surface area contributed by atoms with Crippen molar-refractivity contribution < 1.29 is 22.7 Å². The van der Waals surface area contributed by atoms with Crippen molar-refractivity contribution in [2.45, 2.75) is 24.9 Å². The Morgan fingerprint density at radius 1 is 1.26 bits per heavy atom. The minimum atomic E-state index is -3.38. The third kappa shape index (κ3) is 2.66. The van der Waals surface area contributed by atoms with Crippen molar-refractivity contribution in [3.05, 3.63) is 64.3 Å². The summed E-state index contributed by atoms with van der Waals surface area (Å²) in [6.07, 6.45) is -2.95. The van der Waals surface area contributed by atoms with Gasteiger partial charge in [0, 0.05) is 28.2 Å². The molecule has 0 radical (unpaired) electrons. The van der Waals surface area contributed by atoms with E-state index in [1.165, 1.54) is 6.07 Å². The first kappa shape index (κ1) is 17.8. The predicted molar refractivity (Wildman–Crippen MR) is 91.9 cm³/mol. The molecule has 1 atom stereocenters. The van der Waals surface area contributed by atoms with Crippen molar-refractivity contribution in [1.82, 2.24) is 4.57 Å². The van der Waals surface area contributed by atoms with Crippen molar-refractivity contribution in [2.24, 2.45) is 0 Å². The van der Waals surface area contributed by atoms with Crippen LogP contribution < -0.4 is 0 Å². The number of thiophene rings is 1. The van der Waals surface area contributed by atoms with E-state index >= 15 is 4.39 Å². The van der Waals surface area contributed by atoms with Gasteiger partial charge in [0.2, 0.25) is 5.95 Å². The summed E-state index contributed by atoms with van der Waals surface area (Å²) in [7, 11) is 0. The number of rotatable bonds is 2. The Labute approximate surface area is 155 Å². The highest BCUT2D eigenvalue weighted by molar-refractivity contribution is 7.13. The maximum Gasteiger partial charge on any atom is 0.278 e. The lowest BCUT2D eigenvalue weighted by Gasteiger charge is -2.29. The molecular weight excluding hydrogens is 380 g/mol. The Balaban J connectivity index is 2.03. The Hall–Kier alpha value is -2.63. The Kier molecular flexibility index (Phi) is 4.09. The normalized spacial score (nSPS) is 18.1. The lowest BCUT2D eigenvalue weighted by molar-refractivity contribution is -0.121. The third-order valence-corrected chi connectivity index (χ3v) is 5.60. The number of nitrogens with zero attached hydrogens (tertiary/aromatic N) is 2. The van der Waals surface area contributed by atoms with Gasteiger partial charge in [0.25, 0.3) is 5.92 Å². The first-order chi connectivity index (χ1) is 12.8. The molecule has 27 heavy (non-hydrogen) atoms. The molecule has 1 unspecified atom stereocenters. The summed E-state index contributed by atoms with van der Waals surface area (Å²) in [6.45, 7) is 0. The summed E-state index contributed by atoms with van der Waals surface area (Å²) in [5.74, 6) is -4.96. The SMILES string of the molecule is N#Cc1cc(-n2c(F)c(-c3cccs3)c3c2CCC(F)(F)C3O)ccc1F. The van der Waals surface area contributed by atoms with Crippen LogP contribution >= 0.6 is 11.3 Å². The van der Waals surface area contributed by atoms with Crippen LogP contribution in [-0.4, -0.2) is 15.6 Å². The van der Waals surface area contributed by atoms with E-state index in [0.717, 1.165) is 28.0 Å². The maximum atomic E-state index is 15.4. The Morgan fingerprint density at radius 2 is 2.04 bits per heavy atom. The molecule has 0 amide bonds. The molecule has 2 aromatic heterocycles. The second kappa shape index (κ2) is 6.22. The number of aliphatic hydroxyl groups excluding tert-OH is 1. The zero-order valence-corrected chi connectivity index (χ0v) is 14.5. The van der Waals surface area contributed by atoms with E-state index in [4.69, 9.17) is 5.26 Å². The van der Waals surface area contributed by atoms with Crippen LogP contribution in [0.3, 0.4) is 0 Å². The van der Waals surface area contributed by atoms with Crippen molar-refractivity contribution in [1.29, 1.82) is 5.26 Å². The largest absolute Gasteiger partial charge is 0.382 e.